The van der Waals surface area contributed by atoms with E-state index in [0.29, 0.717) is 33.1 Å². The molecule has 0 fully saturated rings. The third-order valence-corrected chi connectivity index (χ3v) is 5.96. The summed E-state index contributed by atoms with van der Waals surface area (Å²) in [6.45, 7) is -0.000379. The Morgan fingerprint density at radius 2 is 1.85 bits per heavy atom. The van der Waals surface area contributed by atoms with E-state index < -0.39 is 37.2 Å². The van der Waals surface area contributed by atoms with Gasteiger partial charge in [-0.05, 0) is 42.8 Å². The maximum absolute atomic E-state index is 13.8. The average Bonchev–Trinajstić information content (AvgIpc) is 2.83. The molecule has 0 saturated carbocycles. The molecule has 178 valence electrons. The van der Waals surface area contributed by atoms with Gasteiger partial charge in [0.25, 0.3) is 0 Å². The third kappa shape index (κ3) is 4.28. The van der Waals surface area contributed by atoms with E-state index in [1.807, 2.05) is 0 Å². The minimum Gasteiger partial charge on any atom is -0.394 e. The predicted octanol–water partition coefficient (Wildman–Crippen LogP) is 2.73. The van der Waals surface area contributed by atoms with E-state index in [-0.39, 0.29) is 18.3 Å². The van der Waals surface area contributed by atoms with Gasteiger partial charge in [0.15, 0.2) is 5.82 Å². The standard InChI is InChI=1S/C23H23ClFN5O4/c1-13-8-14(25)6-7-15(13)19-16-9-26-22(34)30(18-5-3-2-4-17(18)24)20(16)28-21(27-19)29-23(10-31,11-32)12-33/h2-8,31-33H,9-12H2,1H3,(H,26,34)(H,27,28,29). The fourth-order valence-electron chi connectivity index (χ4n) is 3.69. The molecule has 2 amide bonds. The normalized spacial score (nSPS) is 13.5. The maximum atomic E-state index is 13.8. The lowest BCUT2D eigenvalue weighted by atomic mass is 9.99. The molecule has 9 nitrogen and oxygen atoms in total. The number of anilines is 3. The number of nitrogens with one attached hydrogen (secondary N) is 2. The molecule has 1 aliphatic heterocycles. The molecule has 11 heteroatoms. The molecule has 1 aromatic heterocycles. The molecule has 0 aliphatic carbocycles. The number of urea groups is 1. The second-order valence-electron chi connectivity index (χ2n) is 7.98. The highest BCUT2D eigenvalue weighted by Crippen LogP contribution is 2.39. The molecule has 3 aromatic rings. The number of aliphatic hydroxyl groups excluding tert-OH is 3. The molecule has 34 heavy (non-hydrogen) atoms. The molecular formula is C23H23ClFN5O4. The lowest BCUT2D eigenvalue weighted by Gasteiger charge is -2.33. The molecule has 0 bridgehead atoms. The number of benzene rings is 2. The summed E-state index contributed by atoms with van der Waals surface area (Å²) in [5.41, 5.74) is 1.03. The van der Waals surface area contributed by atoms with Gasteiger partial charge in [0.05, 0.1) is 42.8 Å². The Morgan fingerprint density at radius 3 is 2.50 bits per heavy atom. The first kappa shape index (κ1) is 23.8. The molecular weight excluding hydrogens is 465 g/mol. The van der Waals surface area contributed by atoms with Crippen molar-refractivity contribution in [2.45, 2.75) is 19.0 Å². The third-order valence-electron chi connectivity index (χ3n) is 5.64. The Balaban J connectivity index is 1.97. The Bertz CT molecular complexity index is 1230. The Kier molecular flexibility index (Phi) is 6.67. The summed E-state index contributed by atoms with van der Waals surface area (Å²) in [6.07, 6.45) is 0. The van der Waals surface area contributed by atoms with Crippen molar-refractivity contribution in [1.29, 1.82) is 0 Å². The van der Waals surface area contributed by atoms with Gasteiger partial charge in [-0.2, -0.15) is 4.98 Å². The van der Waals surface area contributed by atoms with Crippen LogP contribution in [0.2, 0.25) is 5.02 Å². The highest BCUT2D eigenvalue weighted by Gasteiger charge is 2.34. The van der Waals surface area contributed by atoms with Crippen molar-refractivity contribution in [1.82, 2.24) is 15.3 Å². The summed E-state index contributed by atoms with van der Waals surface area (Å²) in [6, 6.07) is 10.5. The molecule has 2 aromatic carbocycles. The predicted molar refractivity (Wildman–Crippen MR) is 126 cm³/mol. The van der Waals surface area contributed by atoms with Crippen LogP contribution in [0, 0.1) is 12.7 Å². The monoisotopic (exact) mass is 487 g/mol. The van der Waals surface area contributed by atoms with Crippen LogP contribution in [-0.2, 0) is 6.54 Å². The Morgan fingerprint density at radius 1 is 1.15 bits per heavy atom. The molecule has 0 unspecified atom stereocenters. The quantitative estimate of drug-likeness (QED) is 0.346. The van der Waals surface area contributed by atoms with Gasteiger partial charge in [0, 0.05) is 11.1 Å². The average molecular weight is 488 g/mol. The van der Waals surface area contributed by atoms with Crippen LogP contribution in [0.25, 0.3) is 11.3 Å². The van der Waals surface area contributed by atoms with Crippen LogP contribution in [0.15, 0.2) is 42.5 Å². The first-order chi connectivity index (χ1) is 16.3. The Hall–Kier alpha value is -3.31. The molecule has 1 aliphatic rings. The molecule has 0 saturated heterocycles. The van der Waals surface area contributed by atoms with Crippen molar-refractivity contribution in [3.63, 3.8) is 0 Å². The molecule has 2 heterocycles. The highest BCUT2D eigenvalue weighted by molar-refractivity contribution is 6.34. The largest absolute Gasteiger partial charge is 0.394 e. The van der Waals surface area contributed by atoms with Crippen LogP contribution < -0.4 is 15.5 Å². The van der Waals surface area contributed by atoms with E-state index in [4.69, 9.17) is 11.6 Å². The molecule has 0 radical (unpaired) electrons. The molecule has 4 rings (SSSR count). The fourth-order valence-corrected chi connectivity index (χ4v) is 3.91. The van der Waals surface area contributed by atoms with Crippen LogP contribution in [0.1, 0.15) is 11.1 Å². The minimum atomic E-state index is -1.52. The fraction of sp³-hybridized carbons (Fsp3) is 0.261. The van der Waals surface area contributed by atoms with E-state index in [1.54, 1.807) is 37.3 Å². The number of halogens is 2. The number of amides is 2. The number of aliphatic hydroxyl groups is 3. The van der Waals surface area contributed by atoms with Crippen molar-refractivity contribution in [2.75, 3.05) is 30.0 Å². The number of hydrogen-bond acceptors (Lipinski definition) is 7. The van der Waals surface area contributed by atoms with Crippen LogP contribution >= 0.6 is 11.6 Å². The molecule has 5 N–H and O–H groups in total. The number of nitrogens with zero attached hydrogens (tertiary/aromatic N) is 3. The van der Waals surface area contributed by atoms with Gasteiger partial charge in [-0.1, -0.05) is 23.7 Å². The second kappa shape index (κ2) is 9.51. The lowest BCUT2D eigenvalue weighted by molar-refractivity contribution is 0.0828. The first-order valence-corrected chi connectivity index (χ1v) is 10.8. The number of hydrogen-bond donors (Lipinski definition) is 5. The van der Waals surface area contributed by atoms with E-state index in [0.717, 1.165) is 0 Å². The number of carbonyl (C=O) groups excluding carboxylic acids is 1. The summed E-state index contributed by atoms with van der Waals surface area (Å²) in [5.74, 6) is -0.245. The van der Waals surface area contributed by atoms with Crippen molar-refractivity contribution in [3.8, 4) is 11.3 Å². The van der Waals surface area contributed by atoms with E-state index in [1.165, 1.54) is 17.0 Å². The van der Waals surface area contributed by atoms with Crippen molar-refractivity contribution in [2.24, 2.45) is 0 Å². The number of fused-ring (bicyclic) bond motifs is 1. The summed E-state index contributed by atoms with van der Waals surface area (Å²) >= 11 is 6.38. The number of para-hydroxylation sites is 1. The van der Waals surface area contributed by atoms with Gasteiger partial charge in [0.1, 0.15) is 11.4 Å². The smallest absolute Gasteiger partial charge is 0.328 e. The number of carbonyl (C=O) groups is 1. The number of rotatable bonds is 7. The van der Waals surface area contributed by atoms with Crippen molar-refractivity contribution < 1.29 is 24.5 Å². The number of aromatic nitrogens is 2. The maximum Gasteiger partial charge on any atom is 0.328 e. The van der Waals surface area contributed by atoms with Gasteiger partial charge in [-0.25, -0.2) is 19.1 Å². The molecule has 0 atom stereocenters. The van der Waals surface area contributed by atoms with Gasteiger partial charge in [0.2, 0.25) is 5.95 Å². The van der Waals surface area contributed by atoms with Crippen molar-refractivity contribution >= 4 is 35.1 Å². The minimum absolute atomic E-state index is 0.0543. The van der Waals surface area contributed by atoms with Crippen LogP contribution in [0.3, 0.4) is 0 Å². The molecule has 0 spiro atoms. The van der Waals surface area contributed by atoms with Crippen molar-refractivity contribution in [3.05, 3.63) is 64.4 Å². The van der Waals surface area contributed by atoms with Gasteiger partial charge < -0.3 is 26.0 Å². The van der Waals surface area contributed by atoms with E-state index in [9.17, 15) is 24.5 Å². The number of aryl methyl sites for hydroxylation is 1. The van der Waals surface area contributed by atoms with Crippen LogP contribution in [0.4, 0.5) is 26.6 Å². The second-order valence-corrected chi connectivity index (χ2v) is 8.39. The summed E-state index contributed by atoms with van der Waals surface area (Å²) in [5, 5.41) is 35.2. The summed E-state index contributed by atoms with van der Waals surface area (Å²) < 4.78 is 13.8. The van der Waals surface area contributed by atoms with Gasteiger partial charge in [-0.15, -0.1) is 0 Å². The highest BCUT2D eigenvalue weighted by atomic mass is 35.5. The zero-order valence-electron chi connectivity index (χ0n) is 18.2. The van der Waals surface area contributed by atoms with E-state index in [2.05, 4.69) is 20.6 Å². The summed E-state index contributed by atoms with van der Waals surface area (Å²) in [7, 11) is 0. The zero-order chi connectivity index (χ0) is 24.5. The zero-order valence-corrected chi connectivity index (χ0v) is 19.0. The summed E-state index contributed by atoms with van der Waals surface area (Å²) in [4.78, 5) is 23.3. The van der Waals surface area contributed by atoms with Gasteiger partial charge in [-0.3, -0.25) is 0 Å². The first-order valence-electron chi connectivity index (χ1n) is 10.4. The van der Waals surface area contributed by atoms with Gasteiger partial charge >= 0.3 is 6.03 Å². The lowest BCUT2D eigenvalue weighted by Crippen LogP contribution is -2.50. The SMILES string of the molecule is Cc1cc(F)ccc1-c1nc(NC(CO)(CO)CO)nc2c1CNC(=O)N2c1ccccc1Cl. The van der Waals surface area contributed by atoms with E-state index >= 15 is 0 Å². The van der Waals surface area contributed by atoms with Crippen LogP contribution in [0.5, 0.6) is 0 Å². The Labute approximate surface area is 199 Å². The van der Waals surface area contributed by atoms with Crippen LogP contribution in [-0.4, -0.2) is 56.7 Å². The topological polar surface area (TPSA) is 131 Å².